The lowest BCUT2D eigenvalue weighted by molar-refractivity contribution is -0.116. The number of rotatable bonds is 3. The van der Waals surface area contributed by atoms with Gasteiger partial charge in [0.2, 0.25) is 0 Å². The van der Waals surface area contributed by atoms with Crippen LogP contribution >= 0.6 is 43.5 Å². The Morgan fingerprint density at radius 2 is 2.21 bits per heavy atom. The average Bonchev–Trinajstić information content (AvgIpc) is 2.09. The third-order valence-electron chi connectivity index (χ3n) is 1.86. The molecule has 4 heteroatoms. The second-order valence-corrected chi connectivity index (χ2v) is 5.45. The Morgan fingerprint density at radius 1 is 1.57 bits per heavy atom. The molecule has 0 fully saturated rings. The topological polar surface area (TPSA) is 17.1 Å². The summed E-state index contributed by atoms with van der Waals surface area (Å²) >= 11 is 12.7. The van der Waals surface area contributed by atoms with Gasteiger partial charge in [0.15, 0.2) is 0 Å². The number of hydrogen-bond acceptors (Lipinski definition) is 1. The summed E-state index contributed by atoms with van der Waals surface area (Å²) in [4.78, 5) is 10.9. The molecule has 1 unspecified atom stereocenters. The van der Waals surface area contributed by atoms with Gasteiger partial charge in [0.1, 0.15) is 5.78 Å². The molecule has 0 radical (unpaired) electrons. The molecule has 0 aliphatic rings. The van der Waals surface area contributed by atoms with Gasteiger partial charge in [0, 0.05) is 9.50 Å². The summed E-state index contributed by atoms with van der Waals surface area (Å²) in [7, 11) is 0. The molecule has 1 atom stereocenters. The Kier molecular flexibility index (Phi) is 4.61. The van der Waals surface area contributed by atoms with Crippen LogP contribution in [0.1, 0.15) is 12.5 Å². The van der Waals surface area contributed by atoms with Gasteiger partial charge in [-0.25, -0.2) is 0 Å². The maximum Gasteiger partial charge on any atom is 0.143 e. The maximum atomic E-state index is 11.0. The van der Waals surface area contributed by atoms with Gasteiger partial charge in [0.05, 0.1) is 4.83 Å². The summed E-state index contributed by atoms with van der Waals surface area (Å²) in [6.07, 6.45) is 0.626. The SMILES string of the molecule is CC(=O)C(Br)Cc1ccc(Br)cc1Cl. The van der Waals surface area contributed by atoms with Gasteiger partial charge < -0.3 is 0 Å². The molecule has 0 N–H and O–H groups in total. The van der Waals surface area contributed by atoms with E-state index in [1.165, 1.54) is 0 Å². The molecule has 14 heavy (non-hydrogen) atoms. The van der Waals surface area contributed by atoms with E-state index < -0.39 is 0 Å². The van der Waals surface area contributed by atoms with Crippen LogP contribution in [-0.2, 0) is 11.2 Å². The number of carbonyl (C=O) groups is 1. The number of hydrogen-bond donors (Lipinski definition) is 0. The zero-order valence-corrected chi connectivity index (χ0v) is 11.5. The van der Waals surface area contributed by atoms with E-state index in [4.69, 9.17) is 11.6 Å². The first-order valence-corrected chi connectivity index (χ1v) is 6.18. The molecule has 0 aliphatic heterocycles. The van der Waals surface area contributed by atoms with Crippen LogP contribution < -0.4 is 0 Å². The van der Waals surface area contributed by atoms with Crippen molar-refractivity contribution in [3.63, 3.8) is 0 Å². The highest BCUT2D eigenvalue weighted by atomic mass is 79.9. The molecular formula is C10H9Br2ClO. The first-order valence-electron chi connectivity index (χ1n) is 4.09. The lowest BCUT2D eigenvalue weighted by atomic mass is 10.1. The molecule has 1 aromatic rings. The third kappa shape index (κ3) is 3.37. The third-order valence-corrected chi connectivity index (χ3v) is 3.67. The van der Waals surface area contributed by atoms with Gasteiger partial charge in [0.25, 0.3) is 0 Å². The zero-order chi connectivity index (χ0) is 10.7. The van der Waals surface area contributed by atoms with Crippen LogP contribution in [0, 0.1) is 0 Å². The predicted octanol–water partition coefficient (Wildman–Crippen LogP) is 4.00. The van der Waals surface area contributed by atoms with E-state index in [2.05, 4.69) is 31.9 Å². The molecule has 1 rings (SSSR count). The molecule has 0 amide bonds. The Bertz CT molecular complexity index is 352. The fourth-order valence-electron chi connectivity index (χ4n) is 1.02. The number of ketones is 1. The minimum atomic E-state index is -0.152. The van der Waals surface area contributed by atoms with Crippen LogP contribution in [0.3, 0.4) is 0 Å². The van der Waals surface area contributed by atoms with Gasteiger partial charge in [-0.15, -0.1) is 0 Å². The highest BCUT2D eigenvalue weighted by molar-refractivity contribution is 9.10. The molecule has 1 aromatic carbocycles. The number of carbonyl (C=O) groups excluding carboxylic acids is 1. The summed E-state index contributed by atoms with van der Waals surface area (Å²) in [5.41, 5.74) is 0.979. The van der Waals surface area contributed by atoms with E-state index in [0.29, 0.717) is 11.4 Å². The molecule has 0 saturated heterocycles. The Morgan fingerprint density at radius 3 is 2.71 bits per heavy atom. The van der Waals surface area contributed by atoms with E-state index >= 15 is 0 Å². The number of halogens is 3. The highest BCUT2D eigenvalue weighted by Gasteiger charge is 2.12. The van der Waals surface area contributed by atoms with Crippen LogP contribution in [0.25, 0.3) is 0 Å². The van der Waals surface area contributed by atoms with Crippen LogP contribution in [-0.4, -0.2) is 10.6 Å². The van der Waals surface area contributed by atoms with Crippen molar-refractivity contribution in [2.45, 2.75) is 18.2 Å². The predicted molar refractivity (Wildman–Crippen MR) is 66.3 cm³/mol. The van der Waals surface area contributed by atoms with Crippen molar-refractivity contribution in [3.8, 4) is 0 Å². The molecule has 0 heterocycles. The van der Waals surface area contributed by atoms with Gasteiger partial charge in [-0.05, 0) is 31.0 Å². The van der Waals surface area contributed by atoms with E-state index in [1.54, 1.807) is 6.92 Å². The summed E-state index contributed by atoms with van der Waals surface area (Å²) in [6.45, 7) is 1.56. The van der Waals surface area contributed by atoms with Crippen LogP contribution in [0.5, 0.6) is 0 Å². The number of alkyl halides is 1. The van der Waals surface area contributed by atoms with Crippen molar-refractivity contribution in [1.82, 2.24) is 0 Å². The van der Waals surface area contributed by atoms with Crippen molar-refractivity contribution in [1.29, 1.82) is 0 Å². The van der Waals surface area contributed by atoms with Gasteiger partial charge in [-0.3, -0.25) is 4.79 Å². The second-order valence-electron chi connectivity index (χ2n) is 3.02. The zero-order valence-electron chi connectivity index (χ0n) is 7.56. The molecule has 0 bridgehead atoms. The lowest BCUT2D eigenvalue weighted by Crippen LogP contribution is -2.12. The smallest absolute Gasteiger partial charge is 0.143 e. The standard InChI is InChI=1S/C10H9Br2ClO/c1-6(14)9(12)4-7-2-3-8(11)5-10(7)13/h2-3,5,9H,4H2,1H3. The van der Waals surface area contributed by atoms with Crippen LogP contribution in [0.15, 0.2) is 22.7 Å². The number of benzene rings is 1. The molecule has 0 spiro atoms. The maximum absolute atomic E-state index is 11.0. The highest BCUT2D eigenvalue weighted by Crippen LogP contribution is 2.24. The molecule has 0 saturated carbocycles. The summed E-state index contributed by atoms with van der Waals surface area (Å²) in [5, 5.41) is 0.685. The summed E-state index contributed by atoms with van der Waals surface area (Å²) in [5.74, 6) is 0.115. The monoisotopic (exact) mass is 338 g/mol. The largest absolute Gasteiger partial charge is 0.299 e. The van der Waals surface area contributed by atoms with Crippen molar-refractivity contribution < 1.29 is 4.79 Å². The normalized spacial score (nSPS) is 12.6. The van der Waals surface area contributed by atoms with Crippen molar-refractivity contribution in [2.75, 3.05) is 0 Å². The van der Waals surface area contributed by atoms with Crippen molar-refractivity contribution in [3.05, 3.63) is 33.3 Å². The van der Waals surface area contributed by atoms with E-state index in [1.807, 2.05) is 18.2 Å². The number of Topliss-reactive ketones (excluding diaryl/α,β-unsaturated/α-hetero) is 1. The minimum Gasteiger partial charge on any atom is -0.299 e. The van der Waals surface area contributed by atoms with E-state index in [0.717, 1.165) is 10.0 Å². The van der Waals surface area contributed by atoms with Crippen LogP contribution in [0.2, 0.25) is 5.02 Å². The van der Waals surface area contributed by atoms with Gasteiger partial charge >= 0.3 is 0 Å². The molecule has 76 valence electrons. The fourth-order valence-corrected chi connectivity index (χ4v) is 2.12. The molecule has 1 nitrogen and oxygen atoms in total. The quantitative estimate of drug-likeness (QED) is 0.760. The Labute approximate surface area is 105 Å². The summed E-state index contributed by atoms with van der Waals surface area (Å²) in [6, 6.07) is 5.67. The molecule has 0 aliphatic carbocycles. The second kappa shape index (κ2) is 5.29. The minimum absolute atomic E-state index is 0.115. The average molecular weight is 340 g/mol. The lowest BCUT2D eigenvalue weighted by Gasteiger charge is -2.07. The van der Waals surface area contributed by atoms with E-state index in [9.17, 15) is 4.79 Å². The summed E-state index contributed by atoms with van der Waals surface area (Å²) < 4.78 is 0.945. The molecular weight excluding hydrogens is 331 g/mol. The Balaban J connectivity index is 2.82. The van der Waals surface area contributed by atoms with Crippen LogP contribution in [0.4, 0.5) is 0 Å². The molecule has 0 aromatic heterocycles. The van der Waals surface area contributed by atoms with Gasteiger partial charge in [-0.2, -0.15) is 0 Å². The van der Waals surface area contributed by atoms with Crippen molar-refractivity contribution in [2.24, 2.45) is 0 Å². The Hall–Kier alpha value is 0.140. The van der Waals surface area contributed by atoms with E-state index in [-0.39, 0.29) is 10.6 Å². The first kappa shape index (κ1) is 12.2. The van der Waals surface area contributed by atoms with Crippen molar-refractivity contribution >= 4 is 49.2 Å². The first-order chi connectivity index (χ1) is 6.50. The fraction of sp³-hybridized carbons (Fsp3) is 0.300. The van der Waals surface area contributed by atoms with Gasteiger partial charge in [-0.1, -0.05) is 49.5 Å².